The first kappa shape index (κ1) is 15.9. The highest BCUT2D eigenvalue weighted by atomic mass is 79.9. The SMILES string of the molecule is CCN(CC)C(=O)CNc1ccc(C(N)=S)cc1Br. The van der Waals surface area contributed by atoms with Gasteiger partial charge in [-0.2, -0.15) is 0 Å². The molecule has 0 spiro atoms. The predicted octanol–water partition coefficient (Wildman–Crippen LogP) is 2.36. The Bertz CT molecular complexity index is 475. The lowest BCUT2D eigenvalue weighted by Crippen LogP contribution is -2.35. The molecule has 0 heterocycles. The Hall–Kier alpha value is -1.14. The van der Waals surface area contributed by atoms with Crippen LogP contribution < -0.4 is 11.1 Å². The number of halogens is 1. The van der Waals surface area contributed by atoms with Crippen LogP contribution in [0.1, 0.15) is 19.4 Å². The van der Waals surface area contributed by atoms with Crippen LogP contribution in [-0.2, 0) is 4.79 Å². The molecule has 19 heavy (non-hydrogen) atoms. The lowest BCUT2D eigenvalue weighted by atomic mass is 10.2. The summed E-state index contributed by atoms with van der Waals surface area (Å²) in [4.78, 5) is 14.0. The molecule has 1 amide bonds. The number of benzene rings is 1. The summed E-state index contributed by atoms with van der Waals surface area (Å²) in [5.41, 5.74) is 7.20. The minimum absolute atomic E-state index is 0.0790. The van der Waals surface area contributed by atoms with Gasteiger partial charge in [-0.25, -0.2) is 0 Å². The predicted molar refractivity (Wildman–Crippen MR) is 86.4 cm³/mol. The van der Waals surface area contributed by atoms with Crippen molar-refractivity contribution in [1.29, 1.82) is 0 Å². The van der Waals surface area contributed by atoms with Crippen LogP contribution in [0.15, 0.2) is 22.7 Å². The molecule has 1 aromatic rings. The molecule has 3 N–H and O–H groups in total. The van der Waals surface area contributed by atoms with Crippen molar-refractivity contribution in [1.82, 2.24) is 4.90 Å². The molecule has 0 radical (unpaired) electrons. The first-order chi connectivity index (χ1) is 8.99. The van der Waals surface area contributed by atoms with E-state index >= 15 is 0 Å². The number of carbonyl (C=O) groups is 1. The van der Waals surface area contributed by atoms with E-state index in [1.807, 2.05) is 32.0 Å². The molecule has 1 rings (SSSR count). The van der Waals surface area contributed by atoms with Gasteiger partial charge < -0.3 is 16.0 Å². The molecule has 6 heteroatoms. The van der Waals surface area contributed by atoms with Crippen molar-refractivity contribution in [3.63, 3.8) is 0 Å². The second kappa shape index (κ2) is 7.45. The molecule has 0 atom stereocenters. The monoisotopic (exact) mass is 343 g/mol. The molecule has 0 bridgehead atoms. The van der Waals surface area contributed by atoms with Gasteiger partial charge in [-0.1, -0.05) is 12.2 Å². The molecule has 0 unspecified atom stereocenters. The molecule has 0 aliphatic heterocycles. The number of rotatable bonds is 6. The number of hydrogen-bond donors (Lipinski definition) is 2. The molecule has 0 aliphatic rings. The topological polar surface area (TPSA) is 58.4 Å². The van der Waals surface area contributed by atoms with Crippen LogP contribution in [0, 0.1) is 0 Å². The van der Waals surface area contributed by atoms with Gasteiger partial charge in [0, 0.05) is 28.8 Å². The first-order valence-corrected chi connectivity index (χ1v) is 7.30. The standard InChI is InChI=1S/C13H18BrN3OS/c1-3-17(4-2)12(18)8-16-11-6-5-9(13(15)19)7-10(11)14/h5-7,16H,3-4,8H2,1-2H3,(H2,15,19). The third-order valence-corrected chi connectivity index (χ3v) is 3.69. The number of nitrogens with one attached hydrogen (secondary N) is 1. The molecule has 0 saturated carbocycles. The number of hydrogen-bond acceptors (Lipinski definition) is 3. The van der Waals surface area contributed by atoms with E-state index in [0.29, 0.717) is 4.99 Å². The first-order valence-electron chi connectivity index (χ1n) is 6.10. The number of likely N-dealkylation sites (N-methyl/N-ethyl adjacent to an activating group) is 1. The second-order valence-corrected chi connectivity index (χ2v) is 5.27. The molecular formula is C13H18BrN3OS. The van der Waals surface area contributed by atoms with E-state index in [0.717, 1.165) is 28.8 Å². The van der Waals surface area contributed by atoms with Gasteiger partial charge in [0.1, 0.15) is 4.99 Å². The van der Waals surface area contributed by atoms with E-state index in [4.69, 9.17) is 18.0 Å². The fraction of sp³-hybridized carbons (Fsp3) is 0.385. The highest BCUT2D eigenvalue weighted by molar-refractivity contribution is 9.10. The van der Waals surface area contributed by atoms with Crippen LogP contribution in [-0.4, -0.2) is 35.4 Å². The van der Waals surface area contributed by atoms with E-state index in [1.165, 1.54) is 0 Å². The van der Waals surface area contributed by atoms with Gasteiger partial charge in [0.2, 0.25) is 5.91 Å². The summed E-state index contributed by atoms with van der Waals surface area (Å²) in [5, 5.41) is 3.11. The maximum Gasteiger partial charge on any atom is 0.241 e. The van der Waals surface area contributed by atoms with Crippen LogP contribution in [0.3, 0.4) is 0 Å². The number of nitrogens with two attached hydrogens (primary N) is 1. The zero-order valence-corrected chi connectivity index (χ0v) is 13.5. The number of nitrogens with zero attached hydrogens (tertiary/aromatic N) is 1. The summed E-state index contributed by atoms with van der Waals surface area (Å²) in [5.74, 6) is 0.0790. The second-order valence-electron chi connectivity index (χ2n) is 3.98. The molecular weight excluding hydrogens is 326 g/mol. The Balaban J connectivity index is 2.68. The average Bonchev–Trinajstić information content (AvgIpc) is 2.38. The molecule has 0 fully saturated rings. The molecule has 0 aliphatic carbocycles. The van der Waals surface area contributed by atoms with E-state index in [-0.39, 0.29) is 12.5 Å². The van der Waals surface area contributed by atoms with E-state index in [9.17, 15) is 4.79 Å². The summed E-state index contributed by atoms with van der Waals surface area (Å²) in [7, 11) is 0. The van der Waals surface area contributed by atoms with Crippen molar-refractivity contribution in [2.75, 3.05) is 25.0 Å². The summed E-state index contributed by atoms with van der Waals surface area (Å²) in [6.07, 6.45) is 0. The zero-order chi connectivity index (χ0) is 14.4. The van der Waals surface area contributed by atoms with Crippen molar-refractivity contribution >= 4 is 44.7 Å². The fourth-order valence-corrected chi connectivity index (χ4v) is 2.32. The molecule has 104 valence electrons. The maximum absolute atomic E-state index is 11.9. The number of anilines is 1. The van der Waals surface area contributed by atoms with Gasteiger partial charge in [0.05, 0.1) is 6.54 Å². The zero-order valence-electron chi connectivity index (χ0n) is 11.1. The average molecular weight is 344 g/mol. The Kier molecular flexibility index (Phi) is 6.24. The van der Waals surface area contributed by atoms with Crippen LogP contribution in [0.5, 0.6) is 0 Å². The minimum Gasteiger partial charge on any atom is -0.389 e. The third kappa shape index (κ3) is 4.47. The Morgan fingerprint density at radius 3 is 2.53 bits per heavy atom. The maximum atomic E-state index is 11.9. The van der Waals surface area contributed by atoms with Crippen molar-refractivity contribution in [3.05, 3.63) is 28.2 Å². The Morgan fingerprint density at radius 2 is 2.05 bits per heavy atom. The van der Waals surface area contributed by atoms with E-state index in [1.54, 1.807) is 4.90 Å². The molecule has 4 nitrogen and oxygen atoms in total. The van der Waals surface area contributed by atoms with E-state index in [2.05, 4.69) is 21.2 Å². The van der Waals surface area contributed by atoms with Gasteiger partial charge in [0.15, 0.2) is 0 Å². The highest BCUT2D eigenvalue weighted by Crippen LogP contribution is 2.23. The quantitative estimate of drug-likeness (QED) is 0.778. The molecule has 0 aromatic heterocycles. The van der Waals surface area contributed by atoms with Gasteiger partial charge in [-0.15, -0.1) is 0 Å². The fourth-order valence-electron chi connectivity index (χ4n) is 1.67. The number of carbonyl (C=O) groups excluding carboxylic acids is 1. The smallest absolute Gasteiger partial charge is 0.241 e. The van der Waals surface area contributed by atoms with E-state index < -0.39 is 0 Å². The Morgan fingerprint density at radius 1 is 1.42 bits per heavy atom. The third-order valence-electron chi connectivity index (χ3n) is 2.80. The van der Waals surface area contributed by atoms with Crippen molar-refractivity contribution in [2.45, 2.75) is 13.8 Å². The van der Waals surface area contributed by atoms with Crippen molar-refractivity contribution in [2.24, 2.45) is 5.73 Å². The summed E-state index contributed by atoms with van der Waals surface area (Å²) in [6.45, 7) is 5.65. The molecule has 1 aromatic carbocycles. The molecule has 0 saturated heterocycles. The largest absolute Gasteiger partial charge is 0.389 e. The van der Waals surface area contributed by atoms with Gasteiger partial charge in [0.25, 0.3) is 0 Å². The normalized spacial score (nSPS) is 10.1. The van der Waals surface area contributed by atoms with Crippen LogP contribution in [0.4, 0.5) is 5.69 Å². The lowest BCUT2D eigenvalue weighted by molar-refractivity contribution is -0.128. The Labute approximate surface area is 127 Å². The summed E-state index contributed by atoms with van der Waals surface area (Å²) in [6, 6.07) is 5.53. The summed E-state index contributed by atoms with van der Waals surface area (Å²) < 4.78 is 0.838. The van der Waals surface area contributed by atoms with Gasteiger partial charge >= 0.3 is 0 Å². The number of thiocarbonyl (C=S) groups is 1. The highest BCUT2D eigenvalue weighted by Gasteiger charge is 2.10. The van der Waals surface area contributed by atoms with Crippen molar-refractivity contribution < 1.29 is 4.79 Å². The minimum atomic E-state index is 0.0790. The van der Waals surface area contributed by atoms with Crippen LogP contribution >= 0.6 is 28.1 Å². The van der Waals surface area contributed by atoms with Crippen molar-refractivity contribution in [3.8, 4) is 0 Å². The summed E-state index contributed by atoms with van der Waals surface area (Å²) >= 11 is 8.35. The van der Waals surface area contributed by atoms with Gasteiger partial charge in [-0.3, -0.25) is 4.79 Å². The van der Waals surface area contributed by atoms with Crippen LogP contribution in [0.2, 0.25) is 0 Å². The number of amides is 1. The van der Waals surface area contributed by atoms with Gasteiger partial charge in [-0.05, 0) is 48.0 Å². The van der Waals surface area contributed by atoms with Crippen LogP contribution in [0.25, 0.3) is 0 Å². The lowest BCUT2D eigenvalue weighted by Gasteiger charge is -2.19.